The average Bonchev–Trinajstić information content (AvgIpc) is 2.46. The van der Waals surface area contributed by atoms with Gasteiger partial charge in [-0.05, 0) is 30.7 Å². The Morgan fingerprint density at radius 2 is 1.89 bits per heavy atom. The van der Waals surface area contributed by atoms with Gasteiger partial charge in [-0.15, -0.1) is 0 Å². The quantitative estimate of drug-likeness (QED) is 0.902. The summed E-state index contributed by atoms with van der Waals surface area (Å²) < 4.78 is 1.63. The fourth-order valence-electron chi connectivity index (χ4n) is 2.00. The predicted molar refractivity (Wildman–Crippen MR) is 74.5 cm³/mol. The fourth-order valence-corrected chi connectivity index (χ4v) is 2.00. The second kappa shape index (κ2) is 5.98. The third kappa shape index (κ3) is 2.72. The largest absolute Gasteiger partial charge is 0.330 e. The van der Waals surface area contributed by atoms with Crippen LogP contribution >= 0.6 is 0 Å². The van der Waals surface area contributed by atoms with Crippen molar-refractivity contribution >= 4 is 0 Å². The van der Waals surface area contributed by atoms with Crippen LogP contribution in [0.3, 0.4) is 0 Å². The molecule has 96 valence electrons. The topological polar surface area (TPSA) is 71.8 Å². The monoisotopic (exact) mass is 253 g/mol. The first-order chi connectivity index (χ1) is 9.27. The first kappa shape index (κ1) is 13.1. The van der Waals surface area contributed by atoms with E-state index in [1.54, 1.807) is 10.6 Å². The third-order valence-electron chi connectivity index (χ3n) is 2.95. The molecule has 0 aliphatic heterocycles. The maximum atomic E-state index is 12.2. The summed E-state index contributed by atoms with van der Waals surface area (Å²) in [5.41, 5.74) is 7.19. The minimum atomic E-state index is -0.252. The lowest BCUT2D eigenvalue weighted by Gasteiger charge is -2.12. The minimum absolute atomic E-state index is 0.164. The highest BCUT2D eigenvalue weighted by atomic mass is 16.1. The van der Waals surface area contributed by atoms with Crippen LogP contribution in [-0.4, -0.2) is 11.1 Å². The molecule has 2 rings (SSSR count). The summed E-state index contributed by atoms with van der Waals surface area (Å²) >= 11 is 0. The SMILES string of the molecule is N#Cc1ccc(-c2ccccc2)n(CCCN)c1=O. The first-order valence-electron chi connectivity index (χ1n) is 6.17. The molecule has 1 aromatic heterocycles. The Labute approximate surface area is 111 Å². The van der Waals surface area contributed by atoms with E-state index in [9.17, 15) is 4.79 Å². The van der Waals surface area contributed by atoms with Crippen LogP contribution in [0, 0.1) is 11.3 Å². The maximum Gasteiger partial charge on any atom is 0.268 e. The van der Waals surface area contributed by atoms with Gasteiger partial charge in [-0.1, -0.05) is 30.3 Å². The number of nitrogens with zero attached hydrogens (tertiary/aromatic N) is 2. The normalized spacial score (nSPS) is 10.1. The molecular weight excluding hydrogens is 238 g/mol. The summed E-state index contributed by atoms with van der Waals surface area (Å²) in [6, 6.07) is 15.0. The fraction of sp³-hybridized carbons (Fsp3) is 0.200. The van der Waals surface area contributed by atoms with E-state index in [-0.39, 0.29) is 11.1 Å². The van der Waals surface area contributed by atoms with E-state index in [1.165, 1.54) is 0 Å². The molecule has 4 heteroatoms. The highest BCUT2D eigenvalue weighted by Gasteiger charge is 2.09. The molecule has 0 bridgehead atoms. The molecule has 0 aliphatic rings. The third-order valence-corrected chi connectivity index (χ3v) is 2.95. The van der Waals surface area contributed by atoms with Gasteiger partial charge in [0.2, 0.25) is 0 Å². The van der Waals surface area contributed by atoms with Crippen LogP contribution < -0.4 is 11.3 Å². The van der Waals surface area contributed by atoms with Gasteiger partial charge in [0.25, 0.3) is 5.56 Å². The molecule has 0 unspecified atom stereocenters. The van der Waals surface area contributed by atoms with E-state index in [1.807, 2.05) is 42.5 Å². The average molecular weight is 253 g/mol. The van der Waals surface area contributed by atoms with Gasteiger partial charge >= 0.3 is 0 Å². The smallest absolute Gasteiger partial charge is 0.268 e. The standard InChI is InChI=1S/C15H15N3O/c16-9-4-10-18-14(12-5-2-1-3-6-12)8-7-13(11-17)15(18)19/h1-3,5-8H,4,9-10,16H2. The van der Waals surface area contributed by atoms with Gasteiger partial charge in [0, 0.05) is 6.54 Å². The molecule has 19 heavy (non-hydrogen) atoms. The Balaban J connectivity index is 2.58. The predicted octanol–water partition coefficient (Wildman–Crippen LogP) is 1.74. The van der Waals surface area contributed by atoms with Crippen molar-refractivity contribution in [3.63, 3.8) is 0 Å². The number of nitrogens with two attached hydrogens (primary N) is 1. The maximum absolute atomic E-state index is 12.2. The summed E-state index contributed by atoms with van der Waals surface area (Å²) in [5, 5.41) is 8.94. The van der Waals surface area contributed by atoms with Crippen molar-refractivity contribution in [1.82, 2.24) is 4.57 Å². The number of benzene rings is 1. The van der Waals surface area contributed by atoms with Crippen molar-refractivity contribution in [2.75, 3.05) is 6.54 Å². The summed E-state index contributed by atoms with van der Waals surface area (Å²) in [6.07, 6.45) is 0.703. The molecule has 0 saturated heterocycles. The van der Waals surface area contributed by atoms with Crippen molar-refractivity contribution in [3.05, 3.63) is 58.4 Å². The lowest BCUT2D eigenvalue weighted by molar-refractivity contribution is 0.634. The van der Waals surface area contributed by atoms with Gasteiger partial charge in [-0.2, -0.15) is 5.26 Å². The summed E-state index contributed by atoms with van der Waals surface area (Å²) in [4.78, 5) is 12.2. The van der Waals surface area contributed by atoms with Crippen LogP contribution in [0.2, 0.25) is 0 Å². The van der Waals surface area contributed by atoms with Crippen LogP contribution in [0.4, 0.5) is 0 Å². The van der Waals surface area contributed by atoms with Crippen molar-refractivity contribution < 1.29 is 0 Å². The summed E-state index contributed by atoms with van der Waals surface area (Å²) in [5.74, 6) is 0. The zero-order valence-corrected chi connectivity index (χ0v) is 10.5. The van der Waals surface area contributed by atoms with Crippen LogP contribution in [0.25, 0.3) is 11.3 Å². The molecule has 0 fully saturated rings. The van der Waals surface area contributed by atoms with E-state index in [2.05, 4.69) is 0 Å². The Kier molecular flexibility index (Phi) is 4.11. The van der Waals surface area contributed by atoms with E-state index < -0.39 is 0 Å². The van der Waals surface area contributed by atoms with Gasteiger partial charge in [0.05, 0.1) is 5.69 Å². The first-order valence-corrected chi connectivity index (χ1v) is 6.17. The zero-order valence-electron chi connectivity index (χ0n) is 10.5. The van der Waals surface area contributed by atoms with E-state index in [0.29, 0.717) is 19.5 Å². The highest BCUT2D eigenvalue weighted by Crippen LogP contribution is 2.18. The van der Waals surface area contributed by atoms with E-state index >= 15 is 0 Å². The molecule has 0 radical (unpaired) electrons. The lowest BCUT2D eigenvalue weighted by atomic mass is 10.1. The van der Waals surface area contributed by atoms with Crippen molar-refractivity contribution in [2.45, 2.75) is 13.0 Å². The van der Waals surface area contributed by atoms with Crippen molar-refractivity contribution in [2.24, 2.45) is 5.73 Å². The Morgan fingerprint density at radius 3 is 2.53 bits per heavy atom. The number of rotatable bonds is 4. The lowest BCUT2D eigenvalue weighted by Crippen LogP contribution is -2.25. The summed E-state index contributed by atoms with van der Waals surface area (Å²) in [6.45, 7) is 1.03. The molecule has 0 amide bonds. The van der Waals surface area contributed by atoms with Gasteiger partial charge < -0.3 is 10.3 Å². The Hall–Kier alpha value is -2.38. The van der Waals surface area contributed by atoms with Gasteiger partial charge in [-0.3, -0.25) is 4.79 Å². The zero-order chi connectivity index (χ0) is 13.7. The molecule has 2 N–H and O–H groups in total. The minimum Gasteiger partial charge on any atom is -0.330 e. The number of pyridine rings is 1. The number of hydrogen-bond acceptors (Lipinski definition) is 3. The van der Waals surface area contributed by atoms with Crippen molar-refractivity contribution in [3.8, 4) is 17.3 Å². The molecular formula is C15H15N3O. The Morgan fingerprint density at radius 1 is 1.16 bits per heavy atom. The molecule has 4 nitrogen and oxygen atoms in total. The van der Waals surface area contributed by atoms with Crippen LogP contribution in [0.15, 0.2) is 47.3 Å². The van der Waals surface area contributed by atoms with Gasteiger partial charge in [0.1, 0.15) is 11.6 Å². The number of aromatic nitrogens is 1. The number of hydrogen-bond donors (Lipinski definition) is 1. The number of nitriles is 1. The van der Waals surface area contributed by atoms with Gasteiger partial charge in [-0.25, -0.2) is 0 Å². The molecule has 0 spiro atoms. The van der Waals surface area contributed by atoms with Crippen molar-refractivity contribution in [1.29, 1.82) is 5.26 Å². The second-order valence-corrected chi connectivity index (χ2v) is 4.21. The molecule has 0 atom stereocenters. The van der Waals surface area contributed by atoms with Crippen LogP contribution in [-0.2, 0) is 6.54 Å². The molecule has 0 aliphatic carbocycles. The summed E-state index contributed by atoms with van der Waals surface area (Å²) in [7, 11) is 0. The van der Waals surface area contributed by atoms with Gasteiger partial charge in [0.15, 0.2) is 0 Å². The molecule has 1 aromatic carbocycles. The molecule has 0 saturated carbocycles. The van der Waals surface area contributed by atoms with Crippen LogP contribution in [0.5, 0.6) is 0 Å². The molecule has 1 heterocycles. The van der Waals surface area contributed by atoms with E-state index in [4.69, 9.17) is 11.0 Å². The van der Waals surface area contributed by atoms with Crippen LogP contribution in [0.1, 0.15) is 12.0 Å². The highest BCUT2D eigenvalue weighted by molar-refractivity contribution is 5.60. The Bertz CT molecular complexity index is 653. The molecule has 2 aromatic rings. The second-order valence-electron chi connectivity index (χ2n) is 4.21. The van der Waals surface area contributed by atoms with E-state index in [0.717, 1.165) is 11.3 Å².